The summed E-state index contributed by atoms with van der Waals surface area (Å²) in [6, 6.07) is 0.367. The number of amides is 1. The number of pyridine rings is 1. The summed E-state index contributed by atoms with van der Waals surface area (Å²) in [5.41, 5.74) is 1.56. The topological polar surface area (TPSA) is 76.0 Å². The van der Waals surface area contributed by atoms with Gasteiger partial charge < -0.3 is 10.7 Å². The number of rotatable bonds is 2. The number of hydrogen-bond acceptors (Lipinski definition) is 2. The van der Waals surface area contributed by atoms with E-state index in [2.05, 4.69) is 5.73 Å². The van der Waals surface area contributed by atoms with Crippen molar-refractivity contribution in [1.29, 1.82) is 0 Å². The number of aromatic amines is 1. The quantitative estimate of drug-likeness (QED) is 0.741. The zero-order chi connectivity index (χ0) is 10.9. The van der Waals surface area contributed by atoms with Crippen molar-refractivity contribution in [3.8, 4) is 0 Å². The van der Waals surface area contributed by atoms with E-state index in [-0.39, 0.29) is 0 Å². The Balaban J connectivity index is 3.40. The summed E-state index contributed by atoms with van der Waals surface area (Å²) in [5.74, 6) is -2.65. The Morgan fingerprint density at radius 2 is 2.07 bits per heavy atom. The van der Waals surface area contributed by atoms with E-state index in [1.165, 1.54) is 0 Å². The van der Waals surface area contributed by atoms with Gasteiger partial charge in [-0.1, -0.05) is 0 Å². The van der Waals surface area contributed by atoms with Crippen LogP contribution in [0.15, 0.2) is 10.9 Å². The molecule has 0 aliphatic carbocycles. The molecule has 0 aliphatic heterocycles. The molecule has 0 saturated carbocycles. The van der Waals surface area contributed by atoms with E-state index in [9.17, 15) is 22.8 Å². The molecule has 0 fully saturated rings. The summed E-state index contributed by atoms with van der Waals surface area (Å²) in [5, 5.41) is 0. The molecule has 0 saturated heterocycles. The van der Waals surface area contributed by atoms with Crippen LogP contribution in [0.1, 0.15) is 22.5 Å². The van der Waals surface area contributed by atoms with Crippen molar-refractivity contribution in [1.82, 2.24) is 4.98 Å². The third-order valence-corrected chi connectivity index (χ3v) is 1.49. The van der Waals surface area contributed by atoms with Gasteiger partial charge in [0.15, 0.2) is 0 Å². The van der Waals surface area contributed by atoms with Crippen LogP contribution in [-0.2, 0) is 0 Å². The Morgan fingerprint density at radius 1 is 1.50 bits per heavy atom. The lowest BCUT2D eigenvalue weighted by Crippen LogP contribution is -2.26. The molecule has 0 spiro atoms. The van der Waals surface area contributed by atoms with Gasteiger partial charge in [-0.25, -0.2) is 13.2 Å². The lowest BCUT2D eigenvalue weighted by Gasteiger charge is -2.01. The number of nitrogens with one attached hydrogen (secondary N) is 1. The average molecular weight is 206 g/mol. The fraction of sp³-hybridized carbons (Fsp3) is 0.143. The van der Waals surface area contributed by atoms with Gasteiger partial charge in [-0.05, 0) is 0 Å². The molecule has 4 nitrogen and oxygen atoms in total. The maximum atomic E-state index is 12.9. The maximum Gasteiger partial charge on any atom is 0.278 e. The molecule has 1 rings (SSSR count). The molecule has 0 bridgehead atoms. The fourth-order valence-electron chi connectivity index (χ4n) is 0.894. The predicted octanol–water partition coefficient (Wildman–Crippen LogP) is 0.550. The molecule has 1 heterocycles. The number of nitrogens with two attached hydrogens (primary N) is 1. The van der Waals surface area contributed by atoms with Crippen LogP contribution < -0.4 is 11.3 Å². The van der Waals surface area contributed by atoms with Gasteiger partial charge in [0.2, 0.25) is 0 Å². The Hall–Kier alpha value is -1.79. The van der Waals surface area contributed by atoms with Crippen LogP contribution in [0.5, 0.6) is 0 Å². The van der Waals surface area contributed by atoms with Crippen LogP contribution in [0.25, 0.3) is 0 Å². The van der Waals surface area contributed by atoms with Gasteiger partial charge in [-0.3, -0.25) is 9.59 Å². The molecular weight excluding hydrogens is 201 g/mol. The highest BCUT2D eigenvalue weighted by molar-refractivity contribution is 5.92. The molecule has 1 aromatic rings. The SMILES string of the molecule is NC(=O)c1c(F)cc(C(F)F)[nH]c1=O. The summed E-state index contributed by atoms with van der Waals surface area (Å²) in [7, 11) is 0. The molecule has 0 atom stereocenters. The molecule has 0 unspecified atom stereocenters. The van der Waals surface area contributed by atoms with Gasteiger partial charge >= 0.3 is 0 Å². The minimum Gasteiger partial charge on any atom is -0.365 e. The van der Waals surface area contributed by atoms with Crippen molar-refractivity contribution < 1.29 is 18.0 Å². The summed E-state index contributed by atoms with van der Waals surface area (Å²) < 4.78 is 36.9. The molecule has 0 aliphatic rings. The first-order valence-corrected chi connectivity index (χ1v) is 3.44. The van der Waals surface area contributed by atoms with Gasteiger partial charge in [0.05, 0.1) is 5.69 Å². The third-order valence-electron chi connectivity index (χ3n) is 1.49. The molecule has 1 aromatic heterocycles. The van der Waals surface area contributed by atoms with Crippen LogP contribution in [0, 0.1) is 5.82 Å². The fourth-order valence-corrected chi connectivity index (χ4v) is 0.894. The summed E-state index contributed by atoms with van der Waals surface area (Å²) in [6.07, 6.45) is -3.01. The van der Waals surface area contributed by atoms with E-state index in [4.69, 9.17) is 0 Å². The van der Waals surface area contributed by atoms with Gasteiger partial charge in [0.1, 0.15) is 11.4 Å². The highest BCUT2D eigenvalue weighted by Crippen LogP contribution is 2.16. The van der Waals surface area contributed by atoms with E-state index >= 15 is 0 Å². The first kappa shape index (κ1) is 10.3. The number of halogens is 3. The first-order valence-electron chi connectivity index (χ1n) is 3.44. The number of alkyl halides is 2. The molecule has 0 aromatic carbocycles. The number of H-pyrrole nitrogens is 1. The van der Waals surface area contributed by atoms with Crippen molar-refractivity contribution in [2.45, 2.75) is 6.43 Å². The largest absolute Gasteiger partial charge is 0.365 e. The molecule has 0 radical (unpaired) electrons. The number of primary amides is 1. The van der Waals surface area contributed by atoms with Crippen molar-refractivity contribution in [2.75, 3.05) is 0 Å². The van der Waals surface area contributed by atoms with Crippen molar-refractivity contribution in [3.63, 3.8) is 0 Å². The second-order valence-electron chi connectivity index (χ2n) is 2.44. The maximum absolute atomic E-state index is 12.9. The van der Waals surface area contributed by atoms with E-state index < -0.39 is 35.0 Å². The summed E-state index contributed by atoms with van der Waals surface area (Å²) in [6.45, 7) is 0. The normalized spacial score (nSPS) is 10.6. The minimum absolute atomic E-state index is 0.367. The molecule has 3 N–H and O–H groups in total. The Morgan fingerprint density at radius 3 is 2.43 bits per heavy atom. The second kappa shape index (κ2) is 3.52. The predicted molar refractivity (Wildman–Crippen MR) is 40.5 cm³/mol. The van der Waals surface area contributed by atoms with Gasteiger partial charge in [0, 0.05) is 6.07 Å². The van der Waals surface area contributed by atoms with E-state index in [1.54, 1.807) is 4.98 Å². The van der Waals surface area contributed by atoms with E-state index in [0.717, 1.165) is 0 Å². The highest BCUT2D eigenvalue weighted by Gasteiger charge is 2.18. The molecular formula is C7H5F3N2O2. The van der Waals surface area contributed by atoms with E-state index in [0.29, 0.717) is 6.07 Å². The number of carbonyl (C=O) groups is 1. The zero-order valence-corrected chi connectivity index (χ0v) is 6.68. The average Bonchev–Trinajstić information content (AvgIpc) is 2.01. The Kier molecular flexibility index (Phi) is 2.59. The number of aromatic nitrogens is 1. The van der Waals surface area contributed by atoms with Crippen LogP contribution >= 0.6 is 0 Å². The van der Waals surface area contributed by atoms with Crippen LogP contribution in [0.2, 0.25) is 0 Å². The van der Waals surface area contributed by atoms with Crippen LogP contribution in [0.4, 0.5) is 13.2 Å². The van der Waals surface area contributed by atoms with Crippen LogP contribution in [-0.4, -0.2) is 10.9 Å². The molecule has 76 valence electrons. The van der Waals surface area contributed by atoms with Gasteiger partial charge in [0.25, 0.3) is 17.9 Å². The number of hydrogen-bond donors (Lipinski definition) is 2. The third kappa shape index (κ3) is 1.76. The van der Waals surface area contributed by atoms with Crippen molar-refractivity contribution in [2.24, 2.45) is 5.73 Å². The van der Waals surface area contributed by atoms with Crippen molar-refractivity contribution in [3.05, 3.63) is 33.5 Å². The second-order valence-corrected chi connectivity index (χ2v) is 2.44. The Labute approximate surface area is 75.5 Å². The molecule has 7 heteroatoms. The zero-order valence-electron chi connectivity index (χ0n) is 6.68. The summed E-state index contributed by atoms with van der Waals surface area (Å²) in [4.78, 5) is 23.0. The first-order chi connectivity index (χ1) is 6.43. The minimum atomic E-state index is -3.01. The summed E-state index contributed by atoms with van der Waals surface area (Å²) >= 11 is 0. The van der Waals surface area contributed by atoms with Gasteiger partial charge in [-0.15, -0.1) is 0 Å². The Bertz CT molecular complexity index is 427. The lowest BCUT2D eigenvalue weighted by atomic mass is 10.2. The van der Waals surface area contributed by atoms with Gasteiger partial charge in [-0.2, -0.15) is 0 Å². The highest BCUT2D eigenvalue weighted by atomic mass is 19.3. The molecule has 1 amide bonds. The monoisotopic (exact) mass is 206 g/mol. The van der Waals surface area contributed by atoms with E-state index in [1.807, 2.05) is 0 Å². The molecule has 14 heavy (non-hydrogen) atoms. The smallest absolute Gasteiger partial charge is 0.278 e. The number of carbonyl (C=O) groups excluding carboxylic acids is 1. The van der Waals surface area contributed by atoms with Crippen molar-refractivity contribution >= 4 is 5.91 Å². The van der Waals surface area contributed by atoms with Crippen LogP contribution in [0.3, 0.4) is 0 Å². The lowest BCUT2D eigenvalue weighted by molar-refractivity contribution is 0.0993. The standard InChI is InChI=1S/C7H5F3N2O2/c8-2-1-3(5(9)10)12-7(14)4(2)6(11)13/h1,5H,(H2,11,13)(H,12,14).